The molecule has 1 fully saturated rings. The van der Waals surface area contributed by atoms with Crippen molar-refractivity contribution in [2.24, 2.45) is 0 Å². The van der Waals surface area contributed by atoms with Gasteiger partial charge in [-0.1, -0.05) is 6.92 Å². The molecule has 110 valence electrons. The van der Waals surface area contributed by atoms with Gasteiger partial charge in [-0.3, -0.25) is 0 Å². The zero-order chi connectivity index (χ0) is 14.5. The highest BCUT2D eigenvalue weighted by molar-refractivity contribution is 7.80. The number of aliphatic hydroxyl groups excluding tert-OH is 1. The minimum Gasteiger partial charge on any atom is -0.394 e. The van der Waals surface area contributed by atoms with Crippen LogP contribution in [0.25, 0.3) is 5.65 Å². The van der Waals surface area contributed by atoms with Crippen molar-refractivity contribution in [3.8, 4) is 0 Å². The molecule has 0 bridgehead atoms. The van der Waals surface area contributed by atoms with Gasteiger partial charge in [-0.15, -0.1) is 0 Å². The summed E-state index contributed by atoms with van der Waals surface area (Å²) in [5.74, 6) is 1.29. The van der Waals surface area contributed by atoms with Gasteiger partial charge >= 0.3 is 0 Å². The summed E-state index contributed by atoms with van der Waals surface area (Å²) in [6.07, 6.45) is 4.61. The molecule has 0 radical (unpaired) electrons. The largest absolute Gasteiger partial charge is 0.394 e. The van der Waals surface area contributed by atoms with E-state index < -0.39 is 0 Å². The Hall–Kier alpha value is -1.38. The molecule has 0 amide bonds. The number of imidazole rings is 1. The summed E-state index contributed by atoms with van der Waals surface area (Å²) in [7, 11) is 0. The summed E-state index contributed by atoms with van der Waals surface area (Å²) in [6, 6.07) is 0. The number of aromatic nitrogens is 4. The smallest absolute Gasteiger partial charge is 0.196 e. The lowest BCUT2D eigenvalue weighted by Gasteiger charge is -2.10. The Bertz CT molecular complexity index is 562. The molecular weight excluding hydrogens is 278 g/mol. The van der Waals surface area contributed by atoms with Crippen LogP contribution in [0, 0.1) is 0 Å². The van der Waals surface area contributed by atoms with Gasteiger partial charge in [-0.05, 0) is 18.6 Å². The van der Waals surface area contributed by atoms with Crippen molar-refractivity contribution >= 4 is 24.1 Å². The maximum absolute atomic E-state index is 9.05. The predicted octanol–water partition coefficient (Wildman–Crippen LogP) is 0.855. The van der Waals surface area contributed by atoms with Gasteiger partial charge in [0.25, 0.3) is 0 Å². The Morgan fingerprint density at radius 2 is 2.25 bits per heavy atom. The first-order valence-electron chi connectivity index (χ1n) is 6.52. The van der Waals surface area contributed by atoms with Crippen LogP contribution in [0.2, 0.25) is 0 Å². The normalized spacial score (nSPS) is 21.8. The number of nitrogens with two attached hydrogens (primary N) is 1. The summed E-state index contributed by atoms with van der Waals surface area (Å²) < 4.78 is 7.34. The topological polar surface area (TPSA) is 98.6 Å². The van der Waals surface area contributed by atoms with E-state index in [-0.39, 0.29) is 18.8 Å². The lowest BCUT2D eigenvalue weighted by molar-refractivity contribution is 0.00851. The molecule has 20 heavy (non-hydrogen) atoms. The summed E-state index contributed by atoms with van der Waals surface area (Å²) in [6.45, 7) is 2.04. The number of nitrogen functional groups attached to an aromatic ring is 1. The Balaban J connectivity index is 0.000000452. The number of aliphatic hydroxyl groups is 1. The lowest BCUT2D eigenvalue weighted by atomic mass is 10.1. The van der Waals surface area contributed by atoms with E-state index in [1.165, 1.54) is 6.33 Å². The number of fused-ring (bicyclic) bond motifs is 1. The van der Waals surface area contributed by atoms with E-state index in [1.54, 1.807) is 10.7 Å². The fraction of sp³-hybridized carbons (Fsp3) is 0.583. The molecule has 7 nitrogen and oxygen atoms in total. The van der Waals surface area contributed by atoms with E-state index >= 15 is 0 Å². The van der Waals surface area contributed by atoms with Crippen molar-refractivity contribution in [1.82, 2.24) is 19.6 Å². The van der Waals surface area contributed by atoms with Crippen molar-refractivity contribution in [2.75, 3.05) is 18.1 Å². The van der Waals surface area contributed by atoms with E-state index in [9.17, 15) is 0 Å². The van der Waals surface area contributed by atoms with Gasteiger partial charge < -0.3 is 15.6 Å². The van der Waals surface area contributed by atoms with Crippen molar-refractivity contribution in [2.45, 2.75) is 32.0 Å². The van der Waals surface area contributed by atoms with Crippen LogP contribution < -0.4 is 5.73 Å². The van der Waals surface area contributed by atoms with Crippen LogP contribution in [0.5, 0.6) is 0 Å². The van der Waals surface area contributed by atoms with Crippen LogP contribution in [0.1, 0.15) is 31.6 Å². The molecule has 0 saturated carbocycles. The molecule has 8 heteroatoms. The maximum Gasteiger partial charge on any atom is 0.196 e. The van der Waals surface area contributed by atoms with E-state index in [1.807, 2.05) is 6.92 Å². The minimum absolute atomic E-state index is 0.0460. The molecule has 3 rings (SSSR count). The number of rotatable bonds is 2. The molecule has 1 aliphatic heterocycles. The van der Waals surface area contributed by atoms with Gasteiger partial charge in [-0.2, -0.15) is 17.7 Å². The molecule has 2 unspecified atom stereocenters. The fourth-order valence-electron chi connectivity index (χ4n) is 2.13. The quantitative estimate of drug-likeness (QED) is 0.711. The number of hydrogen-bond donors (Lipinski definition) is 3. The molecule has 2 aromatic heterocycles. The molecule has 3 N–H and O–H groups in total. The number of nitrogens with zero attached hydrogens (tertiary/aromatic N) is 4. The molecule has 2 aromatic rings. The molecular formula is C12H19N5O2S. The van der Waals surface area contributed by atoms with Crippen LogP contribution in [-0.2, 0) is 4.74 Å². The van der Waals surface area contributed by atoms with Crippen LogP contribution in [0.3, 0.4) is 0 Å². The van der Waals surface area contributed by atoms with E-state index in [0.717, 1.165) is 24.3 Å². The maximum atomic E-state index is 9.05. The Morgan fingerprint density at radius 3 is 2.90 bits per heavy atom. The zero-order valence-corrected chi connectivity index (χ0v) is 12.2. The number of thiol groups is 1. The van der Waals surface area contributed by atoms with Crippen LogP contribution in [0.15, 0.2) is 12.5 Å². The van der Waals surface area contributed by atoms with E-state index in [2.05, 4.69) is 27.7 Å². The number of anilines is 1. The van der Waals surface area contributed by atoms with Crippen molar-refractivity contribution < 1.29 is 9.84 Å². The molecule has 3 heterocycles. The Kier molecular flexibility index (Phi) is 5.16. The number of ether oxygens (including phenoxy) is 1. The second-order valence-corrected chi connectivity index (χ2v) is 5.02. The lowest BCUT2D eigenvalue weighted by Crippen LogP contribution is -2.12. The van der Waals surface area contributed by atoms with Crippen LogP contribution >= 0.6 is 12.6 Å². The third kappa shape index (κ3) is 3.02. The zero-order valence-electron chi connectivity index (χ0n) is 11.3. The van der Waals surface area contributed by atoms with Crippen LogP contribution in [-0.4, -0.2) is 43.2 Å². The summed E-state index contributed by atoms with van der Waals surface area (Å²) >= 11 is 3.79. The summed E-state index contributed by atoms with van der Waals surface area (Å²) in [4.78, 5) is 8.07. The Morgan fingerprint density at radius 1 is 1.50 bits per heavy atom. The molecule has 0 aromatic carbocycles. The SMILES string of the molecule is CCS.Nc1ncnn2c(C3CCC(CO)O3)cnc12. The molecule has 1 aliphatic rings. The fourth-order valence-corrected chi connectivity index (χ4v) is 2.13. The van der Waals surface area contributed by atoms with Crippen molar-refractivity contribution in [1.29, 1.82) is 0 Å². The second kappa shape index (κ2) is 6.87. The highest BCUT2D eigenvalue weighted by Gasteiger charge is 2.28. The van der Waals surface area contributed by atoms with Gasteiger partial charge in [-0.25, -0.2) is 14.5 Å². The average Bonchev–Trinajstić information content (AvgIpc) is 3.06. The first-order chi connectivity index (χ1) is 9.71. The van der Waals surface area contributed by atoms with E-state index in [4.69, 9.17) is 15.6 Å². The van der Waals surface area contributed by atoms with Crippen LogP contribution in [0.4, 0.5) is 5.82 Å². The molecule has 2 atom stereocenters. The van der Waals surface area contributed by atoms with E-state index in [0.29, 0.717) is 11.5 Å². The third-order valence-corrected chi connectivity index (χ3v) is 3.00. The van der Waals surface area contributed by atoms with Gasteiger partial charge in [0, 0.05) is 0 Å². The molecule has 0 spiro atoms. The van der Waals surface area contributed by atoms with Crippen molar-refractivity contribution in [3.63, 3.8) is 0 Å². The number of hydrogen-bond acceptors (Lipinski definition) is 7. The highest BCUT2D eigenvalue weighted by atomic mass is 32.1. The predicted molar refractivity (Wildman–Crippen MR) is 78.7 cm³/mol. The first-order valence-corrected chi connectivity index (χ1v) is 7.15. The second-order valence-electron chi connectivity index (χ2n) is 4.39. The van der Waals surface area contributed by atoms with Gasteiger partial charge in [0.2, 0.25) is 0 Å². The standard InChI is InChI=1S/C10H13N5O2.C2H6S/c11-9-10-12-3-7(15(10)14-5-13-9)8-2-1-6(4-16)17-8;1-2-3/h3,5-6,8,16H,1-2,4H2,(H2,11,13,14);3H,2H2,1H3. The summed E-state index contributed by atoms with van der Waals surface area (Å²) in [5.41, 5.74) is 7.10. The van der Waals surface area contributed by atoms with Gasteiger partial charge in [0.05, 0.1) is 24.6 Å². The Labute approximate surface area is 122 Å². The molecule has 0 aliphatic carbocycles. The van der Waals surface area contributed by atoms with Gasteiger partial charge in [0.15, 0.2) is 11.5 Å². The third-order valence-electron chi connectivity index (χ3n) is 3.00. The highest BCUT2D eigenvalue weighted by Crippen LogP contribution is 2.32. The van der Waals surface area contributed by atoms with Gasteiger partial charge in [0.1, 0.15) is 12.4 Å². The average molecular weight is 297 g/mol. The molecule has 1 saturated heterocycles. The summed E-state index contributed by atoms with van der Waals surface area (Å²) in [5, 5.41) is 13.2. The van der Waals surface area contributed by atoms with Crippen molar-refractivity contribution in [3.05, 3.63) is 18.2 Å². The monoisotopic (exact) mass is 297 g/mol. The first kappa shape index (κ1) is 15.0. The minimum atomic E-state index is -0.0928.